The minimum Gasteiger partial charge on any atom is -0.337 e. The maximum absolute atomic E-state index is 5.23. The van der Waals surface area contributed by atoms with E-state index >= 15 is 0 Å². The molecule has 0 fully saturated rings. The topological polar surface area (TPSA) is 63.8 Å². The van der Waals surface area contributed by atoms with E-state index in [1.54, 1.807) is 6.20 Å². The van der Waals surface area contributed by atoms with Crippen LogP contribution < -0.4 is 5.32 Å². The van der Waals surface area contributed by atoms with Gasteiger partial charge in [0.15, 0.2) is 0 Å². The van der Waals surface area contributed by atoms with Gasteiger partial charge in [-0.25, -0.2) is 0 Å². The second-order valence-corrected chi connectivity index (χ2v) is 4.91. The molecule has 6 heteroatoms. The molecule has 0 aliphatic heterocycles. The predicted octanol–water partition coefficient (Wildman–Crippen LogP) is 2.95. The number of nitrogens with one attached hydrogen (secondary N) is 1. The zero-order chi connectivity index (χ0) is 13.0. The van der Waals surface area contributed by atoms with Gasteiger partial charge in [-0.3, -0.25) is 4.98 Å². The van der Waals surface area contributed by atoms with Crippen LogP contribution in [0.3, 0.4) is 0 Å². The third-order valence-electron chi connectivity index (χ3n) is 2.47. The van der Waals surface area contributed by atoms with Crippen molar-refractivity contribution in [3.63, 3.8) is 0 Å². The first-order valence-electron chi connectivity index (χ1n) is 5.89. The van der Waals surface area contributed by atoms with Gasteiger partial charge in [0.05, 0.1) is 6.04 Å². The average Bonchev–Trinajstić information content (AvgIpc) is 2.86. The van der Waals surface area contributed by atoms with Gasteiger partial charge in [-0.15, -0.1) is 0 Å². The van der Waals surface area contributed by atoms with Crippen molar-refractivity contribution >= 4 is 15.9 Å². The maximum atomic E-state index is 5.23. The minimum absolute atomic E-state index is 0.0571. The fourth-order valence-corrected chi connectivity index (χ4v) is 1.71. The van der Waals surface area contributed by atoms with Gasteiger partial charge >= 0.3 is 0 Å². The van der Waals surface area contributed by atoms with Crippen molar-refractivity contribution in [2.24, 2.45) is 0 Å². The highest BCUT2D eigenvalue weighted by atomic mass is 79.9. The van der Waals surface area contributed by atoms with Crippen LogP contribution in [0.2, 0.25) is 0 Å². The molecule has 2 aromatic heterocycles. The predicted molar refractivity (Wildman–Crippen MR) is 71.9 cm³/mol. The fraction of sp³-hybridized carbons (Fsp3) is 0.417. The molecule has 1 N–H and O–H groups in total. The van der Waals surface area contributed by atoms with Crippen molar-refractivity contribution in [1.82, 2.24) is 20.4 Å². The molecule has 0 aromatic carbocycles. The van der Waals surface area contributed by atoms with Gasteiger partial charge in [0.2, 0.25) is 11.7 Å². The summed E-state index contributed by atoms with van der Waals surface area (Å²) >= 11 is 3.34. The van der Waals surface area contributed by atoms with Gasteiger partial charge in [-0.1, -0.05) is 12.1 Å². The van der Waals surface area contributed by atoms with E-state index in [-0.39, 0.29) is 6.04 Å². The van der Waals surface area contributed by atoms with Crippen LogP contribution in [0.4, 0.5) is 0 Å². The molecule has 0 aliphatic rings. The second-order valence-electron chi connectivity index (χ2n) is 3.99. The summed E-state index contributed by atoms with van der Waals surface area (Å²) in [5.74, 6) is 1.10. The quantitative estimate of drug-likeness (QED) is 0.920. The molecule has 2 heterocycles. The van der Waals surface area contributed by atoms with E-state index in [0.29, 0.717) is 17.4 Å². The summed E-state index contributed by atoms with van der Waals surface area (Å²) in [7, 11) is 0. The van der Waals surface area contributed by atoms with Crippen LogP contribution in [0.25, 0.3) is 11.5 Å². The number of hydrogen-bond donors (Lipinski definition) is 1. The molecule has 0 bridgehead atoms. The summed E-state index contributed by atoms with van der Waals surface area (Å²) in [6, 6.07) is 3.81. The Morgan fingerprint density at radius 2 is 2.28 bits per heavy atom. The molecule has 0 amide bonds. The Hall–Kier alpha value is -1.27. The van der Waals surface area contributed by atoms with Gasteiger partial charge in [-0.05, 0) is 48.0 Å². The standard InChI is InChI=1S/C12H15BrN4O/c1-3-6-14-8(2)12-16-11(17-18-12)10-5-4-9(13)7-15-10/h4-5,7-8,14H,3,6H2,1-2H3. The van der Waals surface area contributed by atoms with Crippen LogP contribution in [0.15, 0.2) is 27.3 Å². The van der Waals surface area contributed by atoms with Gasteiger partial charge in [0.25, 0.3) is 0 Å². The van der Waals surface area contributed by atoms with Crippen LogP contribution in [-0.2, 0) is 0 Å². The zero-order valence-corrected chi connectivity index (χ0v) is 11.9. The summed E-state index contributed by atoms with van der Waals surface area (Å²) in [5, 5.41) is 7.24. The Balaban J connectivity index is 2.12. The van der Waals surface area contributed by atoms with E-state index in [0.717, 1.165) is 17.4 Å². The normalized spacial score (nSPS) is 12.6. The van der Waals surface area contributed by atoms with E-state index in [2.05, 4.69) is 43.3 Å². The van der Waals surface area contributed by atoms with E-state index in [1.807, 2.05) is 19.1 Å². The van der Waals surface area contributed by atoms with Gasteiger partial charge in [0.1, 0.15) is 5.69 Å². The van der Waals surface area contributed by atoms with E-state index in [9.17, 15) is 0 Å². The summed E-state index contributed by atoms with van der Waals surface area (Å²) in [6.45, 7) is 5.04. The zero-order valence-electron chi connectivity index (χ0n) is 10.4. The molecule has 18 heavy (non-hydrogen) atoms. The molecule has 0 saturated heterocycles. The van der Waals surface area contributed by atoms with Crippen LogP contribution in [0.5, 0.6) is 0 Å². The lowest BCUT2D eigenvalue weighted by Crippen LogP contribution is -2.19. The monoisotopic (exact) mass is 310 g/mol. The second kappa shape index (κ2) is 6.06. The van der Waals surface area contributed by atoms with Crippen molar-refractivity contribution < 1.29 is 4.52 Å². The summed E-state index contributed by atoms with van der Waals surface area (Å²) < 4.78 is 6.16. The third kappa shape index (κ3) is 3.14. The van der Waals surface area contributed by atoms with Crippen LogP contribution in [0.1, 0.15) is 32.2 Å². The summed E-state index contributed by atoms with van der Waals surface area (Å²) in [4.78, 5) is 8.58. The molecule has 2 rings (SSSR count). The van der Waals surface area contributed by atoms with Crippen molar-refractivity contribution in [1.29, 1.82) is 0 Å². The molecule has 0 saturated carbocycles. The van der Waals surface area contributed by atoms with E-state index in [1.165, 1.54) is 0 Å². The Kier molecular flexibility index (Phi) is 4.43. The fourth-order valence-electron chi connectivity index (χ4n) is 1.47. The maximum Gasteiger partial charge on any atom is 0.243 e. The smallest absolute Gasteiger partial charge is 0.243 e. The molecular formula is C12H15BrN4O. The number of aromatic nitrogens is 3. The number of halogens is 1. The number of pyridine rings is 1. The minimum atomic E-state index is 0.0571. The van der Waals surface area contributed by atoms with Crippen molar-refractivity contribution in [2.45, 2.75) is 26.3 Å². The summed E-state index contributed by atoms with van der Waals surface area (Å²) in [5.41, 5.74) is 0.705. The lowest BCUT2D eigenvalue weighted by atomic mass is 10.3. The van der Waals surface area contributed by atoms with Crippen LogP contribution in [0, 0.1) is 0 Å². The first-order valence-corrected chi connectivity index (χ1v) is 6.69. The molecule has 2 aromatic rings. The molecule has 0 radical (unpaired) electrons. The van der Waals surface area contributed by atoms with Gasteiger partial charge in [0, 0.05) is 10.7 Å². The Morgan fingerprint density at radius 3 is 2.94 bits per heavy atom. The lowest BCUT2D eigenvalue weighted by Gasteiger charge is -2.06. The number of nitrogens with zero attached hydrogens (tertiary/aromatic N) is 3. The van der Waals surface area contributed by atoms with Crippen LogP contribution in [-0.4, -0.2) is 21.7 Å². The highest BCUT2D eigenvalue weighted by Crippen LogP contribution is 2.18. The lowest BCUT2D eigenvalue weighted by molar-refractivity contribution is 0.340. The molecule has 0 spiro atoms. The van der Waals surface area contributed by atoms with Crippen molar-refractivity contribution in [2.75, 3.05) is 6.54 Å². The third-order valence-corrected chi connectivity index (χ3v) is 2.94. The molecule has 1 atom stereocenters. The average molecular weight is 311 g/mol. The number of rotatable bonds is 5. The highest BCUT2D eigenvalue weighted by molar-refractivity contribution is 9.10. The molecule has 0 aliphatic carbocycles. The van der Waals surface area contributed by atoms with Gasteiger partial charge in [-0.2, -0.15) is 4.98 Å². The highest BCUT2D eigenvalue weighted by Gasteiger charge is 2.14. The molecular weight excluding hydrogens is 296 g/mol. The Morgan fingerprint density at radius 1 is 1.44 bits per heavy atom. The number of hydrogen-bond acceptors (Lipinski definition) is 5. The molecule has 1 unspecified atom stereocenters. The van der Waals surface area contributed by atoms with E-state index in [4.69, 9.17) is 4.52 Å². The van der Waals surface area contributed by atoms with Crippen LogP contribution >= 0.6 is 15.9 Å². The Labute approximate surface area is 114 Å². The summed E-state index contributed by atoms with van der Waals surface area (Å²) in [6.07, 6.45) is 2.78. The van der Waals surface area contributed by atoms with Crippen molar-refractivity contribution in [3.8, 4) is 11.5 Å². The molecule has 96 valence electrons. The SMILES string of the molecule is CCCNC(C)c1nc(-c2ccc(Br)cn2)no1. The Bertz CT molecular complexity index is 497. The molecule has 5 nitrogen and oxygen atoms in total. The van der Waals surface area contributed by atoms with Crippen molar-refractivity contribution in [3.05, 3.63) is 28.7 Å². The first-order chi connectivity index (χ1) is 8.70. The van der Waals surface area contributed by atoms with Gasteiger partial charge < -0.3 is 9.84 Å². The largest absolute Gasteiger partial charge is 0.337 e. The first kappa shape index (κ1) is 13.2. The van der Waals surface area contributed by atoms with E-state index < -0.39 is 0 Å².